The molecular weight excluding hydrogens is 212 g/mol. The molecule has 0 N–H and O–H groups in total. The van der Waals surface area contributed by atoms with Gasteiger partial charge in [-0.3, -0.25) is 14.4 Å². The quantitative estimate of drug-likeness (QED) is 0.543. The summed E-state index contributed by atoms with van der Waals surface area (Å²) in [6, 6.07) is 1.02. The van der Waals surface area contributed by atoms with Crippen molar-refractivity contribution in [2.24, 2.45) is 0 Å². The van der Waals surface area contributed by atoms with E-state index in [1.807, 2.05) is 0 Å². The van der Waals surface area contributed by atoms with Crippen molar-refractivity contribution in [3.05, 3.63) is 28.3 Å². The topological polar surface area (TPSA) is 73.6 Å². The van der Waals surface area contributed by atoms with Crippen LogP contribution in [-0.2, 0) is 4.79 Å². The maximum atomic E-state index is 11.1. The van der Waals surface area contributed by atoms with Crippen LogP contribution in [0.15, 0.2) is 21.5 Å². The first-order valence-electron chi connectivity index (χ1n) is 3.52. The first-order valence-corrected chi connectivity index (χ1v) is 3.90. The number of hydrogen-bond acceptors (Lipinski definition) is 5. The Morgan fingerprint density at radius 1 is 1.50 bits per heavy atom. The van der Waals surface area contributed by atoms with Crippen molar-refractivity contribution in [1.82, 2.24) is 0 Å². The highest BCUT2D eigenvalue weighted by atomic mass is 35.5. The molecule has 14 heavy (non-hydrogen) atoms. The maximum absolute atomic E-state index is 11.1. The molecule has 5 nitrogen and oxygen atoms in total. The van der Waals surface area contributed by atoms with E-state index < -0.39 is 28.2 Å². The van der Waals surface area contributed by atoms with Gasteiger partial charge in [-0.15, -0.1) is 0 Å². The van der Waals surface area contributed by atoms with Gasteiger partial charge in [0.2, 0.25) is 16.9 Å². The van der Waals surface area contributed by atoms with E-state index in [1.165, 1.54) is 0 Å². The summed E-state index contributed by atoms with van der Waals surface area (Å²) >= 11 is 5.10. The molecule has 0 amide bonds. The smallest absolute Gasteiger partial charge is 0.308 e. The minimum atomic E-state index is -1.00. The molecule has 1 aromatic heterocycles. The van der Waals surface area contributed by atoms with Gasteiger partial charge in [0.15, 0.2) is 0 Å². The zero-order valence-electron chi connectivity index (χ0n) is 7.07. The number of ether oxygens (including phenoxy) is 1. The summed E-state index contributed by atoms with van der Waals surface area (Å²) in [5, 5.41) is -1.00. The molecular formula is C8H5ClO5. The molecule has 1 heterocycles. The van der Waals surface area contributed by atoms with E-state index in [4.69, 9.17) is 11.6 Å². The molecule has 0 spiro atoms. The third-order valence-electron chi connectivity index (χ3n) is 1.26. The fourth-order valence-corrected chi connectivity index (χ4v) is 0.911. The van der Waals surface area contributed by atoms with Crippen LogP contribution < -0.4 is 10.2 Å². The van der Waals surface area contributed by atoms with Crippen LogP contribution in [0.5, 0.6) is 5.75 Å². The molecule has 0 atom stereocenters. The van der Waals surface area contributed by atoms with Crippen LogP contribution in [0.1, 0.15) is 17.5 Å². The van der Waals surface area contributed by atoms with Crippen molar-refractivity contribution in [2.45, 2.75) is 6.92 Å². The lowest BCUT2D eigenvalue weighted by atomic mass is 10.3. The van der Waals surface area contributed by atoms with Crippen LogP contribution in [0.4, 0.5) is 0 Å². The number of hydrogen-bond donors (Lipinski definition) is 0. The zero-order valence-corrected chi connectivity index (χ0v) is 7.83. The molecule has 0 radical (unpaired) electrons. The van der Waals surface area contributed by atoms with Crippen LogP contribution in [0, 0.1) is 0 Å². The standard InChI is InChI=1S/C8H5ClO5/c1-4(10)14-6-5(11)2-3-13-7(6)8(9)12/h2-3H,1H3. The van der Waals surface area contributed by atoms with Crippen molar-refractivity contribution in [2.75, 3.05) is 0 Å². The summed E-state index contributed by atoms with van der Waals surface area (Å²) in [7, 11) is 0. The van der Waals surface area contributed by atoms with E-state index in [-0.39, 0.29) is 0 Å². The Labute approximate surface area is 83.2 Å². The third kappa shape index (κ3) is 2.20. The van der Waals surface area contributed by atoms with Gasteiger partial charge >= 0.3 is 5.97 Å². The highest BCUT2D eigenvalue weighted by Gasteiger charge is 2.18. The van der Waals surface area contributed by atoms with E-state index in [9.17, 15) is 14.4 Å². The fourth-order valence-electron chi connectivity index (χ4n) is 0.781. The highest BCUT2D eigenvalue weighted by Crippen LogP contribution is 2.15. The van der Waals surface area contributed by atoms with Crippen LogP contribution in [0.3, 0.4) is 0 Å². The molecule has 0 aliphatic heterocycles. The second kappa shape index (κ2) is 4.06. The summed E-state index contributed by atoms with van der Waals surface area (Å²) in [5.41, 5.74) is -0.643. The molecule has 0 aliphatic carbocycles. The molecule has 74 valence electrons. The molecule has 0 unspecified atom stereocenters. The number of esters is 1. The molecule has 0 saturated heterocycles. The molecule has 1 rings (SSSR count). The lowest BCUT2D eigenvalue weighted by Gasteiger charge is -2.01. The zero-order chi connectivity index (χ0) is 10.7. The van der Waals surface area contributed by atoms with E-state index in [1.54, 1.807) is 0 Å². The van der Waals surface area contributed by atoms with E-state index >= 15 is 0 Å². The first-order chi connectivity index (χ1) is 6.52. The van der Waals surface area contributed by atoms with Gasteiger partial charge in [-0.25, -0.2) is 0 Å². The minimum Gasteiger partial charge on any atom is -0.456 e. The summed E-state index contributed by atoms with van der Waals surface area (Å²) in [6.45, 7) is 1.09. The van der Waals surface area contributed by atoms with Crippen molar-refractivity contribution in [3.8, 4) is 5.75 Å². The Kier molecular flexibility index (Phi) is 3.03. The number of rotatable bonds is 2. The Hall–Kier alpha value is -1.62. The summed E-state index contributed by atoms with van der Waals surface area (Å²) in [5.74, 6) is -1.70. The maximum Gasteiger partial charge on any atom is 0.308 e. The molecule has 0 fully saturated rings. The summed E-state index contributed by atoms with van der Waals surface area (Å²) in [6.07, 6.45) is 0.991. The number of halogens is 1. The van der Waals surface area contributed by atoms with Gasteiger partial charge in [0.05, 0.1) is 6.26 Å². The van der Waals surface area contributed by atoms with Crippen LogP contribution in [-0.4, -0.2) is 11.2 Å². The van der Waals surface area contributed by atoms with Gasteiger partial charge in [0, 0.05) is 13.0 Å². The molecule has 0 saturated carbocycles. The number of carbonyl (C=O) groups is 2. The predicted molar refractivity (Wildman–Crippen MR) is 46.5 cm³/mol. The van der Waals surface area contributed by atoms with Crippen LogP contribution >= 0.6 is 11.6 Å². The lowest BCUT2D eigenvalue weighted by Crippen LogP contribution is -2.14. The highest BCUT2D eigenvalue weighted by molar-refractivity contribution is 6.67. The van der Waals surface area contributed by atoms with E-state index in [0.29, 0.717) is 0 Å². The van der Waals surface area contributed by atoms with Gasteiger partial charge in [-0.1, -0.05) is 0 Å². The van der Waals surface area contributed by atoms with Gasteiger partial charge in [-0.05, 0) is 11.6 Å². The normalized spacial score (nSPS) is 9.57. The van der Waals surface area contributed by atoms with Gasteiger partial charge in [0.1, 0.15) is 0 Å². The van der Waals surface area contributed by atoms with Crippen molar-refractivity contribution in [3.63, 3.8) is 0 Å². The average molecular weight is 217 g/mol. The van der Waals surface area contributed by atoms with E-state index in [2.05, 4.69) is 9.15 Å². The van der Waals surface area contributed by atoms with Crippen LogP contribution in [0.2, 0.25) is 0 Å². The molecule has 1 aromatic rings. The van der Waals surface area contributed by atoms with Crippen molar-refractivity contribution < 1.29 is 18.7 Å². The SMILES string of the molecule is CC(=O)Oc1c(C(=O)Cl)occc1=O. The van der Waals surface area contributed by atoms with E-state index in [0.717, 1.165) is 19.3 Å². The fraction of sp³-hybridized carbons (Fsp3) is 0.125. The van der Waals surface area contributed by atoms with Gasteiger partial charge < -0.3 is 9.15 Å². The summed E-state index contributed by atoms with van der Waals surface area (Å²) < 4.78 is 9.13. The minimum absolute atomic E-state index is 0.477. The Balaban J connectivity index is 3.29. The number of carbonyl (C=O) groups excluding carboxylic acids is 2. The second-order valence-electron chi connectivity index (χ2n) is 2.31. The molecule has 6 heteroatoms. The van der Waals surface area contributed by atoms with Crippen molar-refractivity contribution in [1.29, 1.82) is 0 Å². The van der Waals surface area contributed by atoms with Gasteiger partial charge in [0.25, 0.3) is 5.24 Å². The Morgan fingerprint density at radius 2 is 2.14 bits per heavy atom. The average Bonchev–Trinajstić information content (AvgIpc) is 2.07. The lowest BCUT2D eigenvalue weighted by molar-refractivity contribution is -0.132. The summed E-state index contributed by atoms with van der Waals surface area (Å²) in [4.78, 5) is 32.5. The third-order valence-corrected chi connectivity index (χ3v) is 1.43. The van der Waals surface area contributed by atoms with Crippen molar-refractivity contribution >= 4 is 22.8 Å². The largest absolute Gasteiger partial charge is 0.456 e. The molecule has 0 bridgehead atoms. The van der Waals surface area contributed by atoms with Crippen LogP contribution in [0.25, 0.3) is 0 Å². The first kappa shape index (κ1) is 10.5. The molecule has 0 aromatic carbocycles. The van der Waals surface area contributed by atoms with Gasteiger partial charge in [-0.2, -0.15) is 0 Å². The molecule has 0 aliphatic rings. The Bertz CT molecular complexity index is 434. The predicted octanol–water partition coefficient (Wildman–Crippen LogP) is 0.944. The Morgan fingerprint density at radius 3 is 2.64 bits per heavy atom. The monoisotopic (exact) mass is 216 g/mol. The second-order valence-corrected chi connectivity index (χ2v) is 2.65.